The van der Waals surface area contributed by atoms with E-state index in [0.717, 1.165) is 17.5 Å². The number of ether oxygens (including phenoxy) is 1. The van der Waals surface area contributed by atoms with E-state index in [9.17, 15) is 18.4 Å². The number of alkyl halides is 2. The number of benzene rings is 1. The van der Waals surface area contributed by atoms with Gasteiger partial charge in [0.05, 0.1) is 7.11 Å². The number of nitrogens with one attached hydrogen (secondary N) is 1. The van der Waals surface area contributed by atoms with E-state index in [2.05, 4.69) is 10.4 Å². The molecule has 3 rings (SSSR count). The molecule has 7 nitrogen and oxygen atoms in total. The number of amides is 2. The van der Waals surface area contributed by atoms with E-state index in [1.165, 1.54) is 6.07 Å². The normalized spacial score (nSPS) is 17.5. The minimum absolute atomic E-state index is 0.0153. The van der Waals surface area contributed by atoms with Crippen LogP contribution in [0, 0.1) is 0 Å². The molecule has 0 spiro atoms. The van der Waals surface area contributed by atoms with E-state index in [1.807, 2.05) is 24.3 Å². The number of halogens is 2. The summed E-state index contributed by atoms with van der Waals surface area (Å²) in [5.74, 6) is 0.229. The third-order valence-corrected chi connectivity index (χ3v) is 4.69. The molecule has 1 aromatic carbocycles. The van der Waals surface area contributed by atoms with Crippen LogP contribution < -0.4 is 10.1 Å². The first-order chi connectivity index (χ1) is 13.5. The van der Waals surface area contributed by atoms with Crippen LogP contribution in [0.1, 0.15) is 41.9 Å². The van der Waals surface area contributed by atoms with Crippen LogP contribution in [0.15, 0.2) is 36.5 Å². The fourth-order valence-corrected chi connectivity index (χ4v) is 3.17. The van der Waals surface area contributed by atoms with Gasteiger partial charge < -0.3 is 15.0 Å². The molecule has 28 heavy (non-hydrogen) atoms. The third-order valence-electron chi connectivity index (χ3n) is 4.69. The average molecular weight is 392 g/mol. The molecular weight excluding hydrogens is 370 g/mol. The van der Waals surface area contributed by atoms with Crippen LogP contribution in [0.25, 0.3) is 0 Å². The predicted molar refractivity (Wildman–Crippen MR) is 97.0 cm³/mol. The number of carbonyl (C=O) groups is 2. The number of carbonyl (C=O) groups excluding carboxylic acids is 2. The van der Waals surface area contributed by atoms with E-state index >= 15 is 0 Å². The number of methoxy groups -OCH3 is 1. The zero-order valence-corrected chi connectivity index (χ0v) is 15.5. The second-order valence-corrected chi connectivity index (χ2v) is 6.62. The van der Waals surface area contributed by atoms with E-state index in [4.69, 9.17) is 4.74 Å². The predicted octanol–water partition coefficient (Wildman–Crippen LogP) is 2.60. The van der Waals surface area contributed by atoms with Crippen LogP contribution in [0.3, 0.4) is 0 Å². The molecule has 2 heterocycles. The zero-order valence-electron chi connectivity index (χ0n) is 15.5. The fourth-order valence-electron chi connectivity index (χ4n) is 3.17. The Hall–Kier alpha value is -2.97. The van der Waals surface area contributed by atoms with Crippen molar-refractivity contribution in [1.82, 2.24) is 20.0 Å². The monoisotopic (exact) mass is 392 g/mol. The summed E-state index contributed by atoms with van der Waals surface area (Å²) in [6.07, 6.45) is 2.44. The molecule has 1 atom stereocenters. The molecule has 0 bridgehead atoms. The maximum absolute atomic E-state index is 12.6. The largest absolute Gasteiger partial charge is 0.497 e. The third kappa shape index (κ3) is 4.85. The summed E-state index contributed by atoms with van der Waals surface area (Å²) in [6, 6.07) is 8.56. The van der Waals surface area contributed by atoms with Gasteiger partial charge in [0.2, 0.25) is 5.91 Å². The number of hydrogen-bond donors (Lipinski definition) is 1. The van der Waals surface area contributed by atoms with Gasteiger partial charge in [-0.15, -0.1) is 0 Å². The molecule has 150 valence electrons. The van der Waals surface area contributed by atoms with Crippen LogP contribution in [-0.2, 0) is 11.3 Å². The van der Waals surface area contributed by atoms with Gasteiger partial charge in [-0.25, -0.2) is 4.68 Å². The maximum Gasteiger partial charge on any atom is 0.333 e. The standard InChI is InChI=1S/C19H22F2N4O3/c1-28-15-4-2-3-13(11-15)12-24-9-7-14(5-6-17(24)26)22-18(27)16-8-10-25(23-16)19(20)21/h2-4,8,10-11,14,19H,5-7,9,12H2,1H3,(H,22,27). The van der Waals surface area contributed by atoms with Gasteiger partial charge in [0.25, 0.3) is 5.91 Å². The molecule has 0 aliphatic carbocycles. The van der Waals surface area contributed by atoms with Crippen LogP contribution in [0.2, 0.25) is 0 Å². The highest BCUT2D eigenvalue weighted by Crippen LogP contribution is 2.19. The molecule has 2 amide bonds. The quantitative estimate of drug-likeness (QED) is 0.820. The summed E-state index contributed by atoms with van der Waals surface area (Å²) in [5.41, 5.74) is 0.900. The molecule has 1 aliphatic rings. The smallest absolute Gasteiger partial charge is 0.333 e. The van der Waals surface area contributed by atoms with Gasteiger partial charge in [0.15, 0.2) is 0 Å². The highest BCUT2D eigenvalue weighted by molar-refractivity contribution is 5.92. The van der Waals surface area contributed by atoms with Crippen molar-refractivity contribution in [1.29, 1.82) is 0 Å². The van der Waals surface area contributed by atoms with Crippen molar-refractivity contribution in [3.63, 3.8) is 0 Å². The van der Waals surface area contributed by atoms with E-state index in [-0.39, 0.29) is 17.6 Å². The van der Waals surface area contributed by atoms with E-state index < -0.39 is 12.5 Å². The molecule has 1 aliphatic heterocycles. The minimum Gasteiger partial charge on any atom is -0.497 e. The van der Waals surface area contributed by atoms with Gasteiger partial charge in [-0.3, -0.25) is 9.59 Å². The van der Waals surface area contributed by atoms with E-state index in [1.54, 1.807) is 12.0 Å². The lowest BCUT2D eigenvalue weighted by molar-refractivity contribution is -0.131. The summed E-state index contributed by atoms with van der Waals surface area (Å²) in [7, 11) is 1.59. The fraction of sp³-hybridized carbons (Fsp3) is 0.421. The second-order valence-electron chi connectivity index (χ2n) is 6.62. The first-order valence-corrected chi connectivity index (χ1v) is 9.01. The lowest BCUT2D eigenvalue weighted by Gasteiger charge is -2.21. The number of rotatable bonds is 6. The number of aromatic nitrogens is 2. The minimum atomic E-state index is -2.79. The van der Waals surface area contributed by atoms with Crippen molar-refractivity contribution in [2.24, 2.45) is 0 Å². The first kappa shape index (κ1) is 19.8. The summed E-state index contributed by atoms with van der Waals surface area (Å²) in [4.78, 5) is 26.4. The van der Waals surface area contributed by atoms with Crippen molar-refractivity contribution in [3.8, 4) is 5.75 Å². The zero-order chi connectivity index (χ0) is 20.1. The van der Waals surface area contributed by atoms with Crippen molar-refractivity contribution >= 4 is 11.8 Å². The van der Waals surface area contributed by atoms with Gasteiger partial charge in [-0.2, -0.15) is 13.9 Å². The Balaban J connectivity index is 1.58. The lowest BCUT2D eigenvalue weighted by atomic mass is 10.1. The van der Waals surface area contributed by atoms with E-state index in [0.29, 0.717) is 37.0 Å². The molecule has 1 N–H and O–H groups in total. The Bertz CT molecular complexity index is 840. The molecule has 1 fully saturated rings. The van der Waals surface area contributed by atoms with Crippen LogP contribution >= 0.6 is 0 Å². The van der Waals surface area contributed by atoms with Gasteiger partial charge in [-0.1, -0.05) is 12.1 Å². The molecule has 1 aromatic heterocycles. The maximum atomic E-state index is 12.6. The molecule has 2 aromatic rings. The molecule has 1 saturated heterocycles. The number of nitrogens with zero attached hydrogens (tertiary/aromatic N) is 3. The highest BCUT2D eigenvalue weighted by atomic mass is 19.3. The van der Waals surface area contributed by atoms with Gasteiger partial charge in [0, 0.05) is 31.7 Å². The molecule has 0 saturated carbocycles. The van der Waals surface area contributed by atoms with Crippen LogP contribution in [-0.4, -0.2) is 46.2 Å². The van der Waals surface area contributed by atoms with Crippen molar-refractivity contribution in [2.45, 2.75) is 38.4 Å². The Morgan fingerprint density at radius 2 is 2.18 bits per heavy atom. The summed E-state index contributed by atoms with van der Waals surface area (Å²) >= 11 is 0. The number of hydrogen-bond acceptors (Lipinski definition) is 4. The molecule has 9 heteroatoms. The SMILES string of the molecule is COc1cccc(CN2CCC(NC(=O)c3ccn(C(F)F)n3)CCC2=O)c1. The molecule has 1 unspecified atom stereocenters. The van der Waals surface area contributed by atoms with Gasteiger partial charge in [-0.05, 0) is 36.6 Å². The Labute approximate surface area is 161 Å². The van der Waals surface area contributed by atoms with Gasteiger partial charge in [0.1, 0.15) is 11.4 Å². The molecule has 0 radical (unpaired) electrons. The van der Waals surface area contributed by atoms with Crippen LogP contribution in [0.5, 0.6) is 5.75 Å². The van der Waals surface area contributed by atoms with Crippen LogP contribution in [0.4, 0.5) is 8.78 Å². The Morgan fingerprint density at radius 1 is 1.36 bits per heavy atom. The van der Waals surface area contributed by atoms with Crippen molar-refractivity contribution < 1.29 is 23.1 Å². The second kappa shape index (κ2) is 8.81. The lowest BCUT2D eigenvalue weighted by Crippen LogP contribution is -2.36. The summed E-state index contributed by atoms with van der Waals surface area (Å²) in [5, 5.41) is 6.36. The molecular formula is C19H22F2N4O3. The van der Waals surface area contributed by atoms with Crippen molar-refractivity contribution in [3.05, 3.63) is 47.8 Å². The Morgan fingerprint density at radius 3 is 2.89 bits per heavy atom. The Kier molecular flexibility index (Phi) is 6.23. The van der Waals surface area contributed by atoms with Gasteiger partial charge >= 0.3 is 6.55 Å². The first-order valence-electron chi connectivity index (χ1n) is 9.01. The number of likely N-dealkylation sites (tertiary alicyclic amines) is 1. The highest BCUT2D eigenvalue weighted by Gasteiger charge is 2.25. The summed E-state index contributed by atoms with van der Waals surface area (Å²) in [6.45, 7) is -1.83. The van der Waals surface area contributed by atoms with Crippen molar-refractivity contribution in [2.75, 3.05) is 13.7 Å². The average Bonchev–Trinajstić information content (AvgIpc) is 3.13. The topological polar surface area (TPSA) is 76.5 Å². The summed E-state index contributed by atoms with van der Waals surface area (Å²) < 4.78 is 30.8.